The van der Waals surface area contributed by atoms with Gasteiger partial charge in [0, 0.05) is 55.6 Å². The third-order valence-corrected chi connectivity index (χ3v) is 8.04. The van der Waals surface area contributed by atoms with Gasteiger partial charge in [-0.25, -0.2) is 13.6 Å². The van der Waals surface area contributed by atoms with Gasteiger partial charge in [0.1, 0.15) is 17.3 Å². The first-order valence-corrected chi connectivity index (χ1v) is 16.1. The lowest BCUT2D eigenvalue weighted by Crippen LogP contribution is -2.44. The molecule has 1 aliphatic rings. The Morgan fingerprint density at radius 2 is 1.80 bits per heavy atom. The molecule has 0 spiro atoms. The fourth-order valence-electron chi connectivity index (χ4n) is 5.48. The van der Waals surface area contributed by atoms with Crippen molar-refractivity contribution in [1.82, 2.24) is 24.2 Å². The van der Waals surface area contributed by atoms with Crippen molar-refractivity contribution >= 4 is 22.5 Å². The van der Waals surface area contributed by atoms with E-state index in [1.165, 1.54) is 49.7 Å². The fraction of sp³-hybridized carbons (Fsp3) is 0.250. The van der Waals surface area contributed by atoms with Crippen molar-refractivity contribution in [2.45, 2.75) is 13.0 Å². The molecule has 0 saturated carbocycles. The Labute approximate surface area is 290 Å². The van der Waals surface area contributed by atoms with Gasteiger partial charge < -0.3 is 24.3 Å². The van der Waals surface area contributed by atoms with Crippen molar-refractivity contribution in [3.05, 3.63) is 118 Å². The molecule has 1 N–H and O–H groups in total. The molecule has 2 aromatic heterocycles. The monoisotopic (exact) mass is 700 g/mol. The number of allylic oxidation sites excluding steroid dienone is 1. The number of hydrogen-bond donors (Lipinski definition) is 1. The number of ether oxygens (including phenoxy) is 4. The lowest BCUT2D eigenvalue weighted by Gasteiger charge is -2.26. The smallest absolute Gasteiger partial charge is 0.352 e. The quantitative estimate of drug-likeness (QED) is 0.137. The molecule has 0 aliphatic carbocycles. The Morgan fingerprint density at radius 1 is 1.00 bits per heavy atom. The Bertz CT molecular complexity index is 2200. The van der Waals surface area contributed by atoms with E-state index in [2.05, 4.69) is 26.9 Å². The number of nitrogens with zero attached hydrogens (tertiary/aromatic N) is 5. The van der Waals surface area contributed by atoms with E-state index in [1.54, 1.807) is 18.2 Å². The SMILES string of the molecule is C=CCn1c(=O)c(C(=O)Nc2ccc(Oc3ccnc4cc(OC)c(OCCCN5CCOCC5)cc34)c(F)c2)nn(-c2ccccc2F)c1=O. The predicted molar refractivity (Wildman–Crippen MR) is 184 cm³/mol. The summed E-state index contributed by atoms with van der Waals surface area (Å²) in [7, 11) is 1.53. The molecule has 1 saturated heterocycles. The van der Waals surface area contributed by atoms with Gasteiger partial charge in [-0.2, -0.15) is 9.78 Å². The second-order valence-electron chi connectivity index (χ2n) is 11.4. The minimum absolute atomic E-state index is 0.0398. The number of halogens is 2. The number of benzene rings is 3. The number of morpholine rings is 1. The molecule has 3 aromatic carbocycles. The number of pyridine rings is 1. The summed E-state index contributed by atoms with van der Waals surface area (Å²) in [4.78, 5) is 46.0. The number of anilines is 1. The Morgan fingerprint density at radius 3 is 2.55 bits per heavy atom. The lowest BCUT2D eigenvalue weighted by atomic mass is 10.1. The Kier molecular flexibility index (Phi) is 10.8. The summed E-state index contributed by atoms with van der Waals surface area (Å²) in [6, 6.07) is 13.9. The number of amides is 1. The van der Waals surface area contributed by atoms with Gasteiger partial charge >= 0.3 is 5.69 Å². The van der Waals surface area contributed by atoms with E-state index < -0.39 is 34.5 Å². The molecule has 0 atom stereocenters. The van der Waals surface area contributed by atoms with Gasteiger partial charge in [0.2, 0.25) is 5.69 Å². The van der Waals surface area contributed by atoms with Crippen LogP contribution in [0.3, 0.4) is 0 Å². The number of methoxy groups -OCH3 is 1. The maximum Gasteiger partial charge on any atom is 0.352 e. The molecule has 0 unspecified atom stereocenters. The maximum atomic E-state index is 15.4. The van der Waals surface area contributed by atoms with Gasteiger partial charge in [0.05, 0.1) is 32.4 Å². The van der Waals surface area contributed by atoms with E-state index in [9.17, 15) is 18.8 Å². The van der Waals surface area contributed by atoms with Gasteiger partial charge in [-0.05, 0) is 42.8 Å². The summed E-state index contributed by atoms with van der Waals surface area (Å²) in [5.41, 5.74) is -2.52. The minimum Gasteiger partial charge on any atom is -0.493 e. The van der Waals surface area contributed by atoms with Gasteiger partial charge in [-0.15, -0.1) is 6.58 Å². The highest BCUT2D eigenvalue weighted by molar-refractivity contribution is 6.02. The number of carbonyl (C=O) groups is 1. The van der Waals surface area contributed by atoms with Crippen LogP contribution >= 0.6 is 0 Å². The highest BCUT2D eigenvalue weighted by Crippen LogP contribution is 2.38. The molecule has 0 bridgehead atoms. The zero-order valence-electron chi connectivity index (χ0n) is 27.6. The van der Waals surface area contributed by atoms with Crippen LogP contribution in [0.25, 0.3) is 16.6 Å². The van der Waals surface area contributed by atoms with Crippen molar-refractivity contribution in [3.63, 3.8) is 0 Å². The summed E-state index contributed by atoms with van der Waals surface area (Å²) in [6.45, 7) is 7.79. The first-order chi connectivity index (χ1) is 24.8. The van der Waals surface area contributed by atoms with Crippen LogP contribution in [0.2, 0.25) is 0 Å². The second kappa shape index (κ2) is 15.7. The average molecular weight is 701 g/mol. The molecular weight excluding hydrogens is 666 g/mol. The van der Waals surface area contributed by atoms with Crippen LogP contribution in [-0.2, 0) is 11.3 Å². The Hall–Kier alpha value is -5.93. The van der Waals surface area contributed by atoms with E-state index in [4.69, 9.17) is 18.9 Å². The van der Waals surface area contributed by atoms with Crippen LogP contribution in [0, 0.1) is 11.6 Å². The molecule has 5 aromatic rings. The summed E-state index contributed by atoms with van der Waals surface area (Å²) in [5.74, 6) is -1.60. The van der Waals surface area contributed by atoms with Crippen molar-refractivity contribution in [2.75, 3.05) is 51.9 Å². The van der Waals surface area contributed by atoms with E-state index in [-0.39, 0.29) is 23.7 Å². The standard InChI is InChI=1S/C36H34F2N6O7/c1-3-13-43-35(46)33(41-44(36(43)47)28-8-5-4-7-25(28)37)34(45)40-23-9-10-30(26(38)20-23)51-29-11-12-39-27-22-31(48-2)32(21-24(27)29)50-17-6-14-42-15-18-49-19-16-42/h3-5,7-12,20-22H,1,6,13-19H2,2H3,(H,40,45). The van der Waals surface area contributed by atoms with Gasteiger partial charge in [-0.1, -0.05) is 18.2 Å². The van der Waals surface area contributed by atoms with Crippen molar-refractivity contribution in [2.24, 2.45) is 0 Å². The van der Waals surface area contributed by atoms with Gasteiger partial charge in [0.25, 0.3) is 11.5 Å². The lowest BCUT2D eigenvalue weighted by molar-refractivity contribution is 0.0357. The zero-order valence-corrected chi connectivity index (χ0v) is 27.6. The predicted octanol–water partition coefficient (Wildman–Crippen LogP) is 4.56. The molecule has 13 nitrogen and oxygen atoms in total. The average Bonchev–Trinajstić information content (AvgIpc) is 3.13. The van der Waals surface area contributed by atoms with E-state index >= 15 is 4.39 Å². The molecule has 0 radical (unpaired) electrons. The van der Waals surface area contributed by atoms with Crippen LogP contribution in [0.5, 0.6) is 23.0 Å². The minimum atomic E-state index is -1.05. The summed E-state index contributed by atoms with van der Waals surface area (Å²) in [6.07, 6.45) is 3.58. The largest absolute Gasteiger partial charge is 0.493 e. The summed E-state index contributed by atoms with van der Waals surface area (Å²) >= 11 is 0. The number of carbonyl (C=O) groups excluding carboxylic acids is 1. The third kappa shape index (κ3) is 7.79. The second-order valence-corrected chi connectivity index (χ2v) is 11.4. The molecule has 51 heavy (non-hydrogen) atoms. The number of para-hydroxylation sites is 1. The van der Waals surface area contributed by atoms with Crippen LogP contribution in [0.1, 0.15) is 16.9 Å². The number of fused-ring (bicyclic) bond motifs is 1. The number of nitrogens with one attached hydrogen (secondary N) is 1. The van der Waals surface area contributed by atoms with Crippen molar-refractivity contribution in [3.8, 4) is 28.7 Å². The molecule has 15 heteroatoms. The highest BCUT2D eigenvalue weighted by Gasteiger charge is 2.22. The number of aromatic nitrogens is 4. The topological polar surface area (TPSA) is 139 Å². The first-order valence-electron chi connectivity index (χ1n) is 16.1. The van der Waals surface area contributed by atoms with E-state index in [0.29, 0.717) is 44.0 Å². The van der Waals surface area contributed by atoms with Gasteiger partial charge in [0.15, 0.2) is 23.1 Å². The molecule has 1 aliphatic heterocycles. The van der Waals surface area contributed by atoms with Crippen LogP contribution in [0.15, 0.2) is 89.1 Å². The zero-order chi connectivity index (χ0) is 35.9. The Balaban J connectivity index is 1.21. The number of rotatable bonds is 13. The molecule has 6 rings (SSSR count). The van der Waals surface area contributed by atoms with Crippen LogP contribution < -0.4 is 30.8 Å². The summed E-state index contributed by atoms with van der Waals surface area (Å²) in [5, 5.41) is 6.82. The van der Waals surface area contributed by atoms with Crippen molar-refractivity contribution in [1.29, 1.82) is 0 Å². The molecule has 1 amide bonds. The molecular formula is C36H34F2N6O7. The first kappa shape index (κ1) is 34.9. The van der Waals surface area contributed by atoms with Crippen LogP contribution in [0.4, 0.5) is 14.5 Å². The highest BCUT2D eigenvalue weighted by atomic mass is 19.1. The van der Waals surface area contributed by atoms with E-state index in [0.717, 1.165) is 51.4 Å². The molecule has 1 fully saturated rings. The third-order valence-electron chi connectivity index (χ3n) is 8.04. The van der Waals surface area contributed by atoms with Crippen molar-refractivity contribution < 1.29 is 32.5 Å². The molecule has 264 valence electrons. The van der Waals surface area contributed by atoms with E-state index in [1.807, 2.05) is 0 Å². The van der Waals surface area contributed by atoms with Crippen LogP contribution in [-0.4, -0.2) is 76.7 Å². The maximum absolute atomic E-state index is 15.4. The van der Waals surface area contributed by atoms with Gasteiger partial charge in [-0.3, -0.25) is 24.0 Å². The summed E-state index contributed by atoms with van der Waals surface area (Å²) < 4.78 is 54.3. The molecule has 3 heterocycles. The number of hydrogen-bond acceptors (Lipinski definition) is 10. The fourth-order valence-corrected chi connectivity index (χ4v) is 5.48. The normalized spacial score (nSPS) is 13.2.